The van der Waals surface area contributed by atoms with Gasteiger partial charge in [-0.2, -0.15) is 0 Å². The Morgan fingerprint density at radius 2 is 2.09 bits per heavy atom. The van der Waals surface area contributed by atoms with Crippen LogP contribution in [0.25, 0.3) is 0 Å². The van der Waals surface area contributed by atoms with Crippen molar-refractivity contribution in [2.75, 3.05) is 12.4 Å². The van der Waals surface area contributed by atoms with Gasteiger partial charge in [0.2, 0.25) is 5.91 Å². The number of amides is 1. The zero-order valence-electron chi connectivity index (χ0n) is 13.6. The van der Waals surface area contributed by atoms with Gasteiger partial charge in [0.1, 0.15) is 12.4 Å². The largest absolute Gasteiger partial charge is 0.492 e. The maximum absolute atomic E-state index is 12.6. The molecule has 1 aromatic rings. The van der Waals surface area contributed by atoms with Gasteiger partial charge in [-0.05, 0) is 30.9 Å². The van der Waals surface area contributed by atoms with E-state index in [1.165, 1.54) is 0 Å². The van der Waals surface area contributed by atoms with Gasteiger partial charge in [0.15, 0.2) is 0 Å². The lowest BCUT2D eigenvalue weighted by molar-refractivity contribution is -0.127. The summed E-state index contributed by atoms with van der Waals surface area (Å²) < 4.78 is 18.0. The van der Waals surface area contributed by atoms with Crippen molar-refractivity contribution in [2.24, 2.45) is 5.92 Å². The van der Waals surface area contributed by atoms with Gasteiger partial charge in [-0.15, -0.1) is 0 Å². The summed E-state index contributed by atoms with van der Waals surface area (Å²) in [6.07, 6.45) is 4.83. The molecule has 1 aliphatic heterocycles. The van der Waals surface area contributed by atoms with Crippen molar-refractivity contribution in [1.29, 1.82) is 0 Å². The minimum absolute atomic E-state index is 0.0458. The topological polar surface area (TPSA) is 55.4 Å². The molecular formula is C18H25NO3S. The third kappa shape index (κ3) is 3.77. The molecule has 1 heterocycles. The maximum Gasteiger partial charge on any atom is 0.227 e. The van der Waals surface area contributed by atoms with Crippen molar-refractivity contribution in [2.45, 2.75) is 50.3 Å². The molecule has 1 saturated carbocycles. The Morgan fingerprint density at radius 1 is 1.30 bits per heavy atom. The first-order valence-corrected chi connectivity index (χ1v) is 9.95. The Bertz CT molecular complexity index is 589. The molecule has 1 fully saturated rings. The molecule has 4 nitrogen and oxygen atoms in total. The number of para-hydroxylation sites is 1. The molecule has 23 heavy (non-hydrogen) atoms. The highest BCUT2D eigenvalue weighted by Gasteiger charge is 2.33. The van der Waals surface area contributed by atoms with Gasteiger partial charge in [-0.25, -0.2) is 0 Å². The third-order valence-electron chi connectivity index (χ3n) is 4.90. The molecule has 2 aliphatic rings. The molecule has 0 unspecified atom stereocenters. The Kier molecular flexibility index (Phi) is 5.36. The average molecular weight is 335 g/mol. The van der Waals surface area contributed by atoms with Crippen molar-refractivity contribution in [3.63, 3.8) is 0 Å². The standard InChI is InChI=1S/C18H25NO3S/c1-2-23(21)17-10-6-4-8-15(17)19-18(20)14-11-13-7-3-5-9-16(13)22-12-14/h3,5,7,9,14-15,17H,2,4,6,8,10-12H2,1H3,(H,19,20)/t14-,15+,17+,23-/m0/s1. The number of carbonyl (C=O) groups is 1. The van der Waals surface area contributed by atoms with Gasteiger partial charge in [-0.3, -0.25) is 9.00 Å². The van der Waals surface area contributed by atoms with Gasteiger partial charge >= 0.3 is 0 Å². The maximum atomic E-state index is 12.6. The summed E-state index contributed by atoms with van der Waals surface area (Å²) in [5.74, 6) is 1.45. The Morgan fingerprint density at radius 3 is 2.91 bits per heavy atom. The molecule has 5 heteroatoms. The molecule has 1 amide bonds. The fourth-order valence-corrected chi connectivity index (χ4v) is 5.02. The highest BCUT2D eigenvalue weighted by atomic mass is 32.2. The van der Waals surface area contributed by atoms with Crippen LogP contribution < -0.4 is 10.1 Å². The van der Waals surface area contributed by atoms with Gasteiger partial charge in [-0.1, -0.05) is 38.0 Å². The van der Waals surface area contributed by atoms with E-state index in [2.05, 4.69) is 5.32 Å². The van der Waals surface area contributed by atoms with Crippen LogP contribution in [0.15, 0.2) is 24.3 Å². The number of carbonyl (C=O) groups excluding carboxylic acids is 1. The number of benzene rings is 1. The van der Waals surface area contributed by atoms with Crippen molar-refractivity contribution in [3.05, 3.63) is 29.8 Å². The molecule has 0 aromatic heterocycles. The first kappa shape index (κ1) is 16.5. The summed E-state index contributed by atoms with van der Waals surface area (Å²) in [6, 6.07) is 7.94. The van der Waals surface area contributed by atoms with Crippen molar-refractivity contribution in [1.82, 2.24) is 5.32 Å². The molecule has 0 spiro atoms. The van der Waals surface area contributed by atoms with Crippen molar-refractivity contribution in [3.8, 4) is 5.75 Å². The Labute approximate surface area is 140 Å². The molecule has 1 aromatic carbocycles. The SMILES string of the molecule is CC[S@](=O)[C@@H]1CCCC[C@H]1NC(=O)[C@@H]1COc2ccccc2C1. The fraction of sp³-hybridized carbons (Fsp3) is 0.611. The summed E-state index contributed by atoms with van der Waals surface area (Å²) in [5.41, 5.74) is 1.09. The molecule has 126 valence electrons. The lowest BCUT2D eigenvalue weighted by Crippen LogP contribution is -2.50. The third-order valence-corrected chi connectivity index (χ3v) is 6.71. The normalized spacial score (nSPS) is 28.3. The van der Waals surface area contributed by atoms with E-state index in [-0.39, 0.29) is 23.1 Å². The Hall–Kier alpha value is -1.36. The van der Waals surface area contributed by atoms with Crippen LogP contribution in [0.5, 0.6) is 5.75 Å². The van der Waals surface area contributed by atoms with Gasteiger partial charge in [0.05, 0.1) is 11.2 Å². The molecule has 1 aliphatic carbocycles. The minimum atomic E-state index is -0.847. The number of nitrogens with one attached hydrogen (secondary N) is 1. The monoisotopic (exact) mass is 335 g/mol. The highest BCUT2D eigenvalue weighted by Crippen LogP contribution is 2.28. The molecule has 0 saturated heterocycles. The molecule has 4 atom stereocenters. The van der Waals surface area contributed by atoms with Crippen LogP contribution in [0.2, 0.25) is 0 Å². The smallest absolute Gasteiger partial charge is 0.227 e. The summed E-state index contributed by atoms with van der Waals surface area (Å²) in [5, 5.41) is 3.28. The molecular weight excluding hydrogens is 310 g/mol. The second-order valence-corrected chi connectivity index (χ2v) is 8.37. The van der Waals surface area contributed by atoms with Crippen molar-refractivity contribution < 1.29 is 13.7 Å². The highest BCUT2D eigenvalue weighted by molar-refractivity contribution is 7.85. The zero-order chi connectivity index (χ0) is 16.2. The molecule has 1 N–H and O–H groups in total. The number of hydrogen-bond donors (Lipinski definition) is 1. The summed E-state index contributed by atoms with van der Waals surface area (Å²) in [4.78, 5) is 12.6. The van der Waals surface area contributed by atoms with Crippen LogP contribution in [0.1, 0.15) is 38.2 Å². The van der Waals surface area contributed by atoms with E-state index in [9.17, 15) is 9.00 Å². The number of ether oxygens (including phenoxy) is 1. The van der Waals surface area contributed by atoms with E-state index < -0.39 is 10.8 Å². The van der Waals surface area contributed by atoms with Crippen LogP contribution in [0.3, 0.4) is 0 Å². The van der Waals surface area contributed by atoms with Gasteiger partial charge in [0, 0.05) is 22.6 Å². The van der Waals surface area contributed by atoms with E-state index in [0.29, 0.717) is 12.4 Å². The van der Waals surface area contributed by atoms with E-state index in [0.717, 1.165) is 43.4 Å². The second kappa shape index (κ2) is 7.47. The van der Waals surface area contributed by atoms with Crippen LogP contribution in [-0.2, 0) is 22.0 Å². The summed E-state index contributed by atoms with van der Waals surface area (Å²) >= 11 is 0. The van der Waals surface area contributed by atoms with E-state index >= 15 is 0 Å². The Balaban J connectivity index is 1.63. The van der Waals surface area contributed by atoms with Crippen LogP contribution in [0.4, 0.5) is 0 Å². The lowest BCUT2D eigenvalue weighted by atomic mass is 9.92. The number of hydrogen-bond acceptors (Lipinski definition) is 3. The number of fused-ring (bicyclic) bond motifs is 1. The van der Waals surface area contributed by atoms with Gasteiger partial charge < -0.3 is 10.1 Å². The van der Waals surface area contributed by atoms with Gasteiger partial charge in [0.25, 0.3) is 0 Å². The second-order valence-electron chi connectivity index (χ2n) is 6.43. The first-order valence-electron chi connectivity index (χ1n) is 8.57. The van der Waals surface area contributed by atoms with E-state index in [4.69, 9.17) is 4.74 Å². The van der Waals surface area contributed by atoms with Crippen LogP contribution in [-0.4, -0.2) is 33.8 Å². The predicted molar refractivity (Wildman–Crippen MR) is 92.0 cm³/mol. The number of rotatable bonds is 4. The quantitative estimate of drug-likeness (QED) is 0.919. The predicted octanol–water partition coefficient (Wildman–Crippen LogP) is 2.43. The molecule has 0 radical (unpaired) electrons. The zero-order valence-corrected chi connectivity index (χ0v) is 14.4. The summed E-state index contributed by atoms with van der Waals surface area (Å²) in [6.45, 7) is 2.38. The first-order chi connectivity index (χ1) is 11.2. The fourth-order valence-electron chi connectivity index (χ4n) is 3.59. The van der Waals surface area contributed by atoms with Crippen molar-refractivity contribution >= 4 is 16.7 Å². The van der Waals surface area contributed by atoms with Crippen LogP contribution >= 0.6 is 0 Å². The van der Waals surface area contributed by atoms with E-state index in [1.54, 1.807) is 0 Å². The molecule has 0 bridgehead atoms. The lowest BCUT2D eigenvalue weighted by Gasteiger charge is -2.33. The molecule has 3 rings (SSSR count). The average Bonchev–Trinajstić information content (AvgIpc) is 2.61. The van der Waals surface area contributed by atoms with Crippen LogP contribution in [0, 0.1) is 5.92 Å². The minimum Gasteiger partial charge on any atom is -0.492 e. The van der Waals surface area contributed by atoms with E-state index in [1.807, 2.05) is 31.2 Å². The summed E-state index contributed by atoms with van der Waals surface area (Å²) in [7, 11) is -0.847.